The molecule has 0 heterocycles. The number of anilines is 1. The van der Waals surface area contributed by atoms with Gasteiger partial charge in [0.1, 0.15) is 5.41 Å². The summed E-state index contributed by atoms with van der Waals surface area (Å²) in [7, 11) is 1.72. The van der Waals surface area contributed by atoms with Crippen molar-refractivity contribution >= 4 is 40.7 Å². The zero-order valence-electron chi connectivity index (χ0n) is 13.8. The smallest absolute Gasteiger partial charge is 0.240 e. The predicted molar refractivity (Wildman–Crippen MR) is 99.7 cm³/mol. The SMILES string of the molecule is CN(Cc1ccccc1)C(=O)C1(C(=O)Nc2cc(Cl)ccc2Cl)CC1. The van der Waals surface area contributed by atoms with Crippen LogP contribution in [0.25, 0.3) is 0 Å². The summed E-state index contributed by atoms with van der Waals surface area (Å²) < 4.78 is 0. The van der Waals surface area contributed by atoms with Crippen molar-refractivity contribution in [2.24, 2.45) is 5.41 Å². The summed E-state index contributed by atoms with van der Waals surface area (Å²) in [6.45, 7) is 0.465. The van der Waals surface area contributed by atoms with E-state index in [1.165, 1.54) is 0 Å². The molecule has 0 radical (unpaired) electrons. The van der Waals surface area contributed by atoms with Gasteiger partial charge in [-0.3, -0.25) is 9.59 Å². The van der Waals surface area contributed by atoms with Gasteiger partial charge in [-0.2, -0.15) is 0 Å². The molecule has 2 amide bonds. The molecule has 0 bridgehead atoms. The van der Waals surface area contributed by atoms with E-state index in [4.69, 9.17) is 23.2 Å². The zero-order valence-corrected chi connectivity index (χ0v) is 15.3. The number of benzene rings is 2. The highest BCUT2D eigenvalue weighted by Crippen LogP contribution is 2.48. The molecule has 25 heavy (non-hydrogen) atoms. The lowest BCUT2D eigenvalue weighted by Crippen LogP contribution is -2.40. The number of nitrogens with one attached hydrogen (secondary N) is 1. The van der Waals surface area contributed by atoms with Crippen LogP contribution in [0, 0.1) is 5.41 Å². The number of carbonyl (C=O) groups is 2. The van der Waals surface area contributed by atoms with Crippen LogP contribution < -0.4 is 5.32 Å². The summed E-state index contributed by atoms with van der Waals surface area (Å²) in [5.74, 6) is -0.506. The molecule has 1 fully saturated rings. The highest BCUT2D eigenvalue weighted by molar-refractivity contribution is 6.36. The standard InChI is InChI=1S/C19H18Cl2N2O2/c1-23(12-13-5-3-2-4-6-13)18(25)19(9-10-19)17(24)22-16-11-14(20)7-8-15(16)21/h2-8,11H,9-10,12H2,1H3,(H,22,24). The van der Waals surface area contributed by atoms with Gasteiger partial charge < -0.3 is 10.2 Å². The van der Waals surface area contributed by atoms with Crippen molar-refractivity contribution in [1.82, 2.24) is 4.90 Å². The number of carbonyl (C=O) groups excluding carboxylic acids is 2. The van der Waals surface area contributed by atoms with Gasteiger partial charge in [0.25, 0.3) is 0 Å². The van der Waals surface area contributed by atoms with Gasteiger partial charge in [-0.05, 0) is 36.6 Å². The molecule has 6 heteroatoms. The molecule has 1 aliphatic rings. The summed E-state index contributed by atoms with van der Waals surface area (Å²) in [5.41, 5.74) is 0.436. The average molecular weight is 377 g/mol. The lowest BCUT2D eigenvalue weighted by Gasteiger charge is -2.23. The van der Waals surface area contributed by atoms with Gasteiger partial charge in [-0.15, -0.1) is 0 Å². The van der Waals surface area contributed by atoms with Crippen molar-refractivity contribution in [3.8, 4) is 0 Å². The van der Waals surface area contributed by atoms with Crippen molar-refractivity contribution in [2.45, 2.75) is 19.4 Å². The number of halogens is 2. The summed E-state index contributed by atoms with van der Waals surface area (Å²) in [5, 5.41) is 3.61. The minimum Gasteiger partial charge on any atom is -0.340 e. The Morgan fingerprint density at radius 1 is 1.12 bits per heavy atom. The molecule has 0 saturated heterocycles. The maximum Gasteiger partial charge on any atom is 0.240 e. The molecule has 2 aromatic rings. The second-order valence-corrected chi connectivity index (χ2v) is 7.15. The quantitative estimate of drug-likeness (QED) is 0.787. The largest absolute Gasteiger partial charge is 0.340 e. The van der Waals surface area contributed by atoms with E-state index >= 15 is 0 Å². The van der Waals surface area contributed by atoms with Gasteiger partial charge in [0.2, 0.25) is 11.8 Å². The molecule has 2 aromatic carbocycles. The minimum absolute atomic E-state index is 0.174. The first-order chi connectivity index (χ1) is 11.9. The van der Waals surface area contributed by atoms with E-state index in [0.717, 1.165) is 5.56 Å². The summed E-state index contributed by atoms with van der Waals surface area (Å²) in [6.07, 6.45) is 1.07. The fourth-order valence-corrected chi connectivity index (χ4v) is 3.13. The lowest BCUT2D eigenvalue weighted by molar-refractivity contribution is -0.141. The van der Waals surface area contributed by atoms with E-state index in [9.17, 15) is 9.59 Å². The fraction of sp³-hybridized carbons (Fsp3) is 0.263. The van der Waals surface area contributed by atoms with Gasteiger partial charge in [-0.25, -0.2) is 0 Å². The van der Waals surface area contributed by atoms with Crippen LogP contribution in [-0.4, -0.2) is 23.8 Å². The zero-order chi connectivity index (χ0) is 18.0. The number of amides is 2. The van der Waals surface area contributed by atoms with Crippen molar-refractivity contribution in [2.75, 3.05) is 12.4 Å². The Morgan fingerprint density at radius 2 is 1.80 bits per heavy atom. The number of nitrogens with zero attached hydrogens (tertiary/aromatic N) is 1. The van der Waals surface area contributed by atoms with Crippen LogP contribution >= 0.6 is 23.2 Å². The first kappa shape index (κ1) is 17.8. The van der Waals surface area contributed by atoms with Crippen LogP contribution in [0.3, 0.4) is 0 Å². The Bertz CT molecular complexity index is 804. The van der Waals surface area contributed by atoms with Crippen LogP contribution in [0.2, 0.25) is 10.0 Å². The Kier molecular flexibility index (Phi) is 5.02. The van der Waals surface area contributed by atoms with E-state index in [0.29, 0.717) is 35.1 Å². The summed E-state index contributed by atoms with van der Waals surface area (Å²) in [4.78, 5) is 27.1. The van der Waals surface area contributed by atoms with Crippen molar-refractivity contribution in [3.05, 3.63) is 64.1 Å². The third-order valence-corrected chi connectivity index (χ3v) is 4.94. The highest BCUT2D eigenvalue weighted by atomic mass is 35.5. The van der Waals surface area contributed by atoms with E-state index < -0.39 is 5.41 Å². The molecule has 1 N–H and O–H groups in total. The Labute approximate surface area is 156 Å². The minimum atomic E-state index is -1.00. The third kappa shape index (κ3) is 3.80. The van der Waals surface area contributed by atoms with Crippen LogP contribution in [0.1, 0.15) is 18.4 Å². The van der Waals surface area contributed by atoms with Crippen molar-refractivity contribution in [1.29, 1.82) is 0 Å². The van der Waals surface area contributed by atoms with Crippen molar-refractivity contribution < 1.29 is 9.59 Å². The second kappa shape index (κ2) is 7.06. The summed E-state index contributed by atoms with van der Waals surface area (Å²) >= 11 is 12.0. The molecule has 1 aliphatic carbocycles. The maximum atomic E-state index is 12.8. The molecule has 3 rings (SSSR count). The Hall–Kier alpha value is -2.04. The molecule has 0 unspecified atom stereocenters. The fourth-order valence-electron chi connectivity index (χ4n) is 2.79. The molecule has 1 saturated carbocycles. The highest BCUT2D eigenvalue weighted by Gasteiger charge is 2.57. The van der Waals surface area contributed by atoms with Gasteiger partial charge in [0, 0.05) is 18.6 Å². The third-order valence-electron chi connectivity index (χ3n) is 4.38. The number of hydrogen-bond donors (Lipinski definition) is 1. The molecule has 0 spiro atoms. The Balaban J connectivity index is 1.71. The van der Waals surface area contributed by atoms with Gasteiger partial charge in [0.15, 0.2) is 0 Å². The van der Waals surface area contributed by atoms with E-state index in [1.807, 2.05) is 30.3 Å². The van der Waals surface area contributed by atoms with Crippen LogP contribution in [0.15, 0.2) is 48.5 Å². The molecular formula is C19H18Cl2N2O2. The normalized spacial score (nSPS) is 14.7. The molecule has 0 aromatic heterocycles. The average Bonchev–Trinajstić information content (AvgIpc) is 3.40. The molecule has 4 nitrogen and oxygen atoms in total. The maximum absolute atomic E-state index is 12.8. The topological polar surface area (TPSA) is 49.4 Å². The van der Waals surface area contributed by atoms with Crippen LogP contribution in [0.5, 0.6) is 0 Å². The lowest BCUT2D eigenvalue weighted by atomic mass is 10.0. The van der Waals surface area contributed by atoms with Crippen molar-refractivity contribution in [3.63, 3.8) is 0 Å². The number of rotatable bonds is 5. The van der Waals surface area contributed by atoms with Crippen LogP contribution in [-0.2, 0) is 16.1 Å². The second-order valence-electron chi connectivity index (χ2n) is 6.31. The molecule has 0 atom stereocenters. The van der Waals surface area contributed by atoms with Gasteiger partial charge in [-0.1, -0.05) is 53.5 Å². The van der Waals surface area contributed by atoms with E-state index in [-0.39, 0.29) is 11.8 Å². The Morgan fingerprint density at radius 3 is 2.44 bits per heavy atom. The van der Waals surface area contributed by atoms with Gasteiger partial charge in [0.05, 0.1) is 10.7 Å². The van der Waals surface area contributed by atoms with E-state index in [1.54, 1.807) is 30.1 Å². The molecular weight excluding hydrogens is 359 g/mol. The monoisotopic (exact) mass is 376 g/mol. The summed E-state index contributed by atoms with van der Waals surface area (Å²) in [6, 6.07) is 14.5. The first-order valence-electron chi connectivity index (χ1n) is 7.98. The first-order valence-corrected chi connectivity index (χ1v) is 8.74. The molecule has 130 valence electrons. The number of hydrogen-bond acceptors (Lipinski definition) is 2. The van der Waals surface area contributed by atoms with Crippen LogP contribution in [0.4, 0.5) is 5.69 Å². The van der Waals surface area contributed by atoms with Gasteiger partial charge >= 0.3 is 0 Å². The predicted octanol–water partition coefficient (Wildman–Crippen LogP) is 4.37. The molecule has 0 aliphatic heterocycles. The van der Waals surface area contributed by atoms with E-state index in [2.05, 4.69) is 5.32 Å².